The molecule has 2 atom stereocenters. The molecule has 1 aliphatic rings. The fourth-order valence-electron chi connectivity index (χ4n) is 3.20. The predicted molar refractivity (Wildman–Crippen MR) is 93.6 cm³/mol. The van der Waals surface area contributed by atoms with Crippen LogP contribution in [0.25, 0.3) is 11.4 Å². The highest BCUT2D eigenvalue weighted by Crippen LogP contribution is 2.27. The normalized spacial score (nSPS) is 20.1. The Morgan fingerprint density at radius 1 is 1.33 bits per heavy atom. The largest absolute Gasteiger partial charge is 0.327 e. The lowest BCUT2D eigenvalue weighted by Gasteiger charge is -2.14. The number of aryl methyl sites for hydroxylation is 1. The van der Waals surface area contributed by atoms with Crippen LogP contribution in [0.2, 0.25) is 0 Å². The molecule has 126 valence electrons. The average Bonchev–Trinajstić information content (AvgIpc) is 2.92. The van der Waals surface area contributed by atoms with E-state index in [9.17, 15) is 9.59 Å². The first-order valence-electron chi connectivity index (χ1n) is 8.25. The number of hydrogen-bond acceptors (Lipinski definition) is 4. The quantitative estimate of drug-likeness (QED) is 0.801. The van der Waals surface area contributed by atoms with Crippen LogP contribution >= 0.6 is 0 Å². The molecule has 2 aromatic rings. The van der Waals surface area contributed by atoms with Crippen LogP contribution in [0.4, 0.5) is 5.69 Å². The van der Waals surface area contributed by atoms with Crippen LogP contribution < -0.4 is 16.6 Å². The summed E-state index contributed by atoms with van der Waals surface area (Å²) in [6.45, 7) is 1.78. The van der Waals surface area contributed by atoms with E-state index in [1.807, 2.05) is 24.3 Å². The zero-order chi connectivity index (χ0) is 17.1. The molecule has 1 heterocycles. The van der Waals surface area contributed by atoms with Crippen LogP contribution in [-0.4, -0.2) is 21.9 Å². The minimum Gasteiger partial charge on any atom is -0.327 e. The molecular weight excluding hydrogens is 304 g/mol. The molecule has 0 spiro atoms. The van der Waals surface area contributed by atoms with E-state index in [2.05, 4.69) is 15.3 Å². The second-order valence-corrected chi connectivity index (χ2v) is 6.42. The van der Waals surface area contributed by atoms with E-state index in [0.29, 0.717) is 17.9 Å². The van der Waals surface area contributed by atoms with Crippen molar-refractivity contribution >= 4 is 11.6 Å². The van der Waals surface area contributed by atoms with Gasteiger partial charge in [-0.2, -0.15) is 0 Å². The number of benzene rings is 1. The number of H-pyrrole nitrogens is 1. The van der Waals surface area contributed by atoms with E-state index in [1.165, 1.54) is 6.07 Å². The summed E-state index contributed by atoms with van der Waals surface area (Å²) in [5, 5.41) is 2.90. The molecule has 1 fully saturated rings. The van der Waals surface area contributed by atoms with E-state index in [0.717, 1.165) is 30.5 Å². The molecule has 4 N–H and O–H groups in total. The van der Waals surface area contributed by atoms with Gasteiger partial charge in [0.05, 0.1) is 0 Å². The summed E-state index contributed by atoms with van der Waals surface area (Å²) in [6, 6.07) is 8.87. The zero-order valence-electron chi connectivity index (χ0n) is 13.7. The molecule has 0 aliphatic heterocycles. The van der Waals surface area contributed by atoms with E-state index in [-0.39, 0.29) is 23.4 Å². The van der Waals surface area contributed by atoms with Crippen molar-refractivity contribution in [3.8, 4) is 11.4 Å². The van der Waals surface area contributed by atoms with Crippen molar-refractivity contribution < 1.29 is 4.79 Å². The van der Waals surface area contributed by atoms with Gasteiger partial charge in [-0.15, -0.1) is 0 Å². The molecule has 0 unspecified atom stereocenters. The lowest BCUT2D eigenvalue weighted by atomic mass is 10.00. The minimum atomic E-state index is -0.178. The molecule has 0 saturated heterocycles. The maximum Gasteiger partial charge on any atom is 0.251 e. The van der Waals surface area contributed by atoms with Gasteiger partial charge in [0.1, 0.15) is 5.82 Å². The molecule has 6 heteroatoms. The fraction of sp³-hybridized carbons (Fsp3) is 0.389. The molecule has 3 rings (SSSR count). The number of nitrogens with two attached hydrogens (primary N) is 1. The van der Waals surface area contributed by atoms with Gasteiger partial charge in [-0.3, -0.25) is 9.59 Å². The number of carbonyl (C=O) groups is 1. The molecule has 1 aromatic carbocycles. The van der Waals surface area contributed by atoms with Crippen molar-refractivity contribution in [1.82, 2.24) is 9.97 Å². The Labute approximate surface area is 140 Å². The molecule has 0 radical (unpaired) electrons. The first-order chi connectivity index (χ1) is 11.5. The number of nitrogens with one attached hydrogen (secondary N) is 2. The molecule has 6 nitrogen and oxygen atoms in total. The third kappa shape index (κ3) is 3.89. The highest BCUT2D eigenvalue weighted by atomic mass is 16.1. The van der Waals surface area contributed by atoms with E-state index in [1.54, 1.807) is 6.92 Å². The SMILES string of the molecule is Cc1cc(=O)[nH]c(-c2ccc(NC(=O)C[C@@H]3CCC[C@H]3N)cc2)n1. The Balaban J connectivity index is 1.66. The average molecular weight is 326 g/mol. The van der Waals surface area contributed by atoms with Gasteiger partial charge in [0.25, 0.3) is 5.56 Å². The third-order valence-corrected chi connectivity index (χ3v) is 4.48. The number of nitrogens with zero attached hydrogens (tertiary/aromatic N) is 1. The van der Waals surface area contributed by atoms with Gasteiger partial charge in [0.2, 0.25) is 5.91 Å². The fourth-order valence-corrected chi connectivity index (χ4v) is 3.20. The van der Waals surface area contributed by atoms with E-state index in [4.69, 9.17) is 5.73 Å². The van der Waals surface area contributed by atoms with Gasteiger partial charge in [-0.05, 0) is 49.9 Å². The molecular formula is C18H22N4O2. The van der Waals surface area contributed by atoms with Crippen LogP contribution in [0.5, 0.6) is 0 Å². The van der Waals surface area contributed by atoms with Gasteiger partial charge in [0, 0.05) is 35.5 Å². The number of carbonyl (C=O) groups excluding carboxylic acids is 1. The lowest BCUT2D eigenvalue weighted by molar-refractivity contribution is -0.117. The smallest absolute Gasteiger partial charge is 0.251 e. The monoisotopic (exact) mass is 326 g/mol. The van der Waals surface area contributed by atoms with Crippen molar-refractivity contribution in [3.63, 3.8) is 0 Å². The Bertz CT molecular complexity index is 782. The number of rotatable bonds is 4. The van der Waals surface area contributed by atoms with E-state index < -0.39 is 0 Å². The second kappa shape index (κ2) is 6.97. The zero-order valence-corrected chi connectivity index (χ0v) is 13.7. The number of hydrogen-bond donors (Lipinski definition) is 3. The first kappa shape index (κ1) is 16.4. The summed E-state index contributed by atoms with van der Waals surface area (Å²) in [7, 11) is 0. The topological polar surface area (TPSA) is 101 Å². The van der Waals surface area contributed by atoms with Gasteiger partial charge in [-0.25, -0.2) is 4.98 Å². The Morgan fingerprint density at radius 2 is 2.08 bits per heavy atom. The summed E-state index contributed by atoms with van der Waals surface area (Å²) in [5.74, 6) is 0.799. The second-order valence-electron chi connectivity index (χ2n) is 6.42. The maximum atomic E-state index is 12.1. The van der Waals surface area contributed by atoms with Crippen molar-refractivity contribution in [2.75, 3.05) is 5.32 Å². The van der Waals surface area contributed by atoms with E-state index >= 15 is 0 Å². The van der Waals surface area contributed by atoms with Crippen LogP contribution in [0.3, 0.4) is 0 Å². The molecule has 1 saturated carbocycles. The molecule has 0 bridgehead atoms. The minimum absolute atomic E-state index is 0.00723. The Hall–Kier alpha value is -2.47. The van der Waals surface area contributed by atoms with Gasteiger partial charge in [0.15, 0.2) is 0 Å². The van der Waals surface area contributed by atoms with Crippen molar-refractivity contribution in [1.29, 1.82) is 0 Å². The van der Waals surface area contributed by atoms with Crippen LogP contribution in [0, 0.1) is 12.8 Å². The lowest BCUT2D eigenvalue weighted by Crippen LogP contribution is -2.28. The summed E-state index contributed by atoms with van der Waals surface area (Å²) in [6.07, 6.45) is 3.61. The molecule has 1 amide bonds. The molecule has 24 heavy (non-hydrogen) atoms. The Morgan fingerprint density at radius 3 is 2.71 bits per heavy atom. The van der Waals surface area contributed by atoms with Gasteiger partial charge < -0.3 is 16.0 Å². The Kier molecular flexibility index (Phi) is 4.76. The highest BCUT2D eigenvalue weighted by Gasteiger charge is 2.25. The number of aromatic amines is 1. The van der Waals surface area contributed by atoms with Crippen molar-refractivity contribution in [2.24, 2.45) is 11.7 Å². The summed E-state index contributed by atoms with van der Waals surface area (Å²) in [5.41, 5.74) is 8.03. The summed E-state index contributed by atoms with van der Waals surface area (Å²) in [4.78, 5) is 30.7. The van der Waals surface area contributed by atoms with Crippen molar-refractivity contribution in [2.45, 2.75) is 38.6 Å². The maximum absolute atomic E-state index is 12.1. The number of aromatic nitrogens is 2. The molecule has 1 aromatic heterocycles. The highest BCUT2D eigenvalue weighted by molar-refractivity contribution is 5.91. The van der Waals surface area contributed by atoms with Crippen molar-refractivity contribution in [3.05, 3.63) is 46.4 Å². The number of amides is 1. The summed E-state index contributed by atoms with van der Waals surface area (Å²) >= 11 is 0. The van der Waals surface area contributed by atoms with Crippen LogP contribution in [0.1, 0.15) is 31.4 Å². The first-order valence-corrected chi connectivity index (χ1v) is 8.25. The predicted octanol–water partition coefficient (Wildman–Crippen LogP) is 2.20. The standard InChI is InChI=1S/C18H22N4O2/c1-11-9-16(23)22-18(20-11)12-5-7-14(8-6-12)21-17(24)10-13-3-2-4-15(13)19/h5-9,13,15H,2-4,10,19H2,1H3,(H,21,24)(H,20,22,23)/t13-,15+/m0/s1. The molecule has 1 aliphatic carbocycles. The van der Waals surface area contributed by atoms with Crippen LogP contribution in [0.15, 0.2) is 35.1 Å². The van der Waals surface area contributed by atoms with Gasteiger partial charge >= 0.3 is 0 Å². The summed E-state index contributed by atoms with van der Waals surface area (Å²) < 4.78 is 0. The third-order valence-electron chi connectivity index (χ3n) is 4.48. The van der Waals surface area contributed by atoms with Crippen LogP contribution in [-0.2, 0) is 4.79 Å². The number of anilines is 1. The van der Waals surface area contributed by atoms with Gasteiger partial charge in [-0.1, -0.05) is 6.42 Å².